The number of ether oxygens (including phenoxy) is 2. The van der Waals surface area contributed by atoms with Crippen molar-refractivity contribution in [3.63, 3.8) is 0 Å². The summed E-state index contributed by atoms with van der Waals surface area (Å²) >= 11 is 1.57. The highest BCUT2D eigenvalue weighted by Gasteiger charge is 2.16. The van der Waals surface area contributed by atoms with Crippen LogP contribution in [-0.2, 0) is 6.54 Å². The molecule has 0 unspecified atom stereocenters. The first-order valence-electron chi connectivity index (χ1n) is 8.60. The predicted octanol–water partition coefficient (Wildman–Crippen LogP) is 3.30. The molecule has 4 rings (SSSR count). The Morgan fingerprint density at radius 1 is 1.19 bits per heavy atom. The van der Waals surface area contributed by atoms with E-state index >= 15 is 0 Å². The van der Waals surface area contributed by atoms with Crippen LogP contribution < -0.4 is 14.8 Å². The Morgan fingerprint density at radius 2 is 2.00 bits per heavy atom. The molecule has 27 heavy (non-hydrogen) atoms. The number of hydrogen-bond donors (Lipinski definition) is 1. The SMILES string of the molecule is CSc1nccn1-c1ccc(C(=O)NCc2cccc3c2OCCO3)cc1. The molecule has 0 saturated heterocycles. The van der Waals surface area contributed by atoms with Crippen molar-refractivity contribution < 1.29 is 14.3 Å². The summed E-state index contributed by atoms with van der Waals surface area (Å²) in [5, 5.41) is 3.85. The maximum absolute atomic E-state index is 12.5. The van der Waals surface area contributed by atoms with Crippen molar-refractivity contribution in [2.75, 3.05) is 19.5 Å². The van der Waals surface area contributed by atoms with Crippen LogP contribution in [0.1, 0.15) is 15.9 Å². The van der Waals surface area contributed by atoms with Crippen LogP contribution in [0.4, 0.5) is 0 Å². The molecular weight excluding hydrogens is 362 g/mol. The Bertz CT molecular complexity index is 953. The number of aromatic nitrogens is 2. The molecule has 3 aromatic rings. The van der Waals surface area contributed by atoms with Crippen molar-refractivity contribution in [3.8, 4) is 17.2 Å². The molecule has 0 spiro atoms. The Labute approximate surface area is 161 Å². The molecule has 1 aliphatic rings. The maximum Gasteiger partial charge on any atom is 0.251 e. The summed E-state index contributed by atoms with van der Waals surface area (Å²) < 4.78 is 13.2. The number of fused-ring (bicyclic) bond motifs is 1. The molecule has 0 atom stereocenters. The lowest BCUT2D eigenvalue weighted by Gasteiger charge is -2.21. The molecule has 1 N–H and O–H groups in total. The minimum atomic E-state index is -0.133. The van der Waals surface area contributed by atoms with Crippen molar-refractivity contribution in [1.29, 1.82) is 0 Å². The molecule has 1 aromatic heterocycles. The highest BCUT2D eigenvalue weighted by atomic mass is 32.2. The number of thioether (sulfide) groups is 1. The van der Waals surface area contributed by atoms with Crippen LogP contribution in [0.25, 0.3) is 5.69 Å². The number of rotatable bonds is 5. The molecule has 2 aromatic carbocycles. The fraction of sp³-hybridized carbons (Fsp3) is 0.200. The fourth-order valence-corrected chi connectivity index (χ4v) is 3.49. The quantitative estimate of drug-likeness (QED) is 0.687. The largest absolute Gasteiger partial charge is 0.486 e. The second kappa shape index (κ2) is 7.75. The van der Waals surface area contributed by atoms with Gasteiger partial charge in [0.05, 0.1) is 0 Å². The van der Waals surface area contributed by atoms with E-state index in [1.54, 1.807) is 18.0 Å². The van der Waals surface area contributed by atoms with Gasteiger partial charge in [-0.3, -0.25) is 9.36 Å². The van der Waals surface area contributed by atoms with Gasteiger partial charge < -0.3 is 14.8 Å². The van der Waals surface area contributed by atoms with Gasteiger partial charge in [-0.15, -0.1) is 0 Å². The number of para-hydroxylation sites is 1. The van der Waals surface area contributed by atoms with E-state index in [0.29, 0.717) is 31.1 Å². The highest BCUT2D eigenvalue weighted by molar-refractivity contribution is 7.98. The van der Waals surface area contributed by atoms with E-state index in [-0.39, 0.29) is 5.91 Å². The lowest BCUT2D eigenvalue weighted by molar-refractivity contribution is 0.0950. The summed E-state index contributed by atoms with van der Waals surface area (Å²) in [5.41, 5.74) is 2.47. The summed E-state index contributed by atoms with van der Waals surface area (Å²) in [6, 6.07) is 13.2. The van der Waals surface area contributed by atoms with E-state index in [1.165, 1.54) is 0 Å². The van der Waals surface area contributed by atoms with Crippen LogP contribution in [0, 0.1) is 0 Å². The van der Waals surface area contributed by atoms with E-state index < -0.39 is 0 Å². The van der Waals surface area contributed by atoms with E-state index in [2.05, 4.69) is 10.3 Å². The van der Waals surface area contributed by atoms with Gasteiger partial charge >= 0.3 is 0 Å². The highest BCUT2D eigenvalue weighted by Crippen LogP contribution is 2.33. The Kier molecular flexibility index (Phi) is 5.02. The molecular formula is C20H19N3O3S. The van der Waals surface area contributed by atoms with Crippen LogP contribution >= 0.6 is 11.8 Å². The second-order valence-corrected chi connectivity index (χ2v) is 6.73. The number of imidazole rings is 1. The predicted molar refractivity (Wildman–Crippen MR) is 104 cm³/mol. The molecule has 0 bridgehead atoms. The molecule has 138 valence electrons. The Morgan fingerprint density at radius 3 is 2.81 bits per heavy atom. The molecule has 2 heterocycles. The van der Waals surface area contributed by atoms with Crippen molar-refractivity contribution in [1.82, 2.24) is 14.9 Å². The smallest absolute Gasteiger partial charge is 0.251 e. The monoisotopic (exact) mass is 381 g/mol. The molecule has 0 radical (unpaired) electrons. The zero-order valence-corrected chi connectivity index (χ0v) is 15.7. The van der Waals surface area contributed by atoms with Gasteiger partial charge in [0.2, 0.25) is 0 Å². The van der Waals surface area contributed by atoms with Crippen LogP contribution in [0.5, 0.6) is 11.5 Å². The van der Waals surface area contributed by atoms with Crippen LogP contribution in [0.15, 0.2) is 60.0 Å². The van der Waals surface area contributed by atoms with Gasteiger partial charge in [-0.05, 0) is 36.6 Å². The topological polar surface area (TPSA) is 65.4 Å². The summed E-state index contributed by atoms with van der Waals surface area (Å²) in [7, 11) is 0. The van der Waals surface area contributed by atoms with Crippen LogP contribution in [0.2, 0.25) is 0 Å². The number of amides is 1. The second-order valence-electron chi connectivity index (χ2n) is 5.95. The Hall–Kier alpha value is -2.93. The number of carbonyl (C=O) groups is 1. The average Bonchev–Trinajstić information content (AvgIpc) is 3.21. The van der Waals surface area contributed by atoms with Crippen molar-refractivity contribution >= 4 is 17.7 Å². The van der Waals surface area contributed by atoms with Crippen molar-refractivity contribution in [2.24, 2.45) is 0 Å². The third-order valence-electron chi connectivity index (χ3n) is 4.28. The zero-order chi connectivity index (χ0) is 18.6. The zero-order valence-electron chi connectivity index (χ0n) is 14.8. The number of nitrogens with zero attached hydrogens (tertiary/aromatic N) is 2. The molecule has 0 fully saturated rings. The van der Waals surface area contributed by atoms with E-state index in [9.17, 15) is 4.79 Å². The summed E-state index contributed by atoms with van der Waals surface area (Å²) in [6.07, 6.45) is 5.65. The normalized spacial score (nSPS) is 12.6. The van der Waals surface area contributed by atoms with Crippen molar-refractivity contribution in [2.45, 2.75) is 11.7 Å². The van der Waals surface area contributed by atoms with Gasteiger partial charge in [0.15, 0.2) is 16.7 Å². The minimum absolute atomic E-state index is 0.133. The summed E-state index contributed by atoms with van der Waals surface area (Å²) in [5.74, 6) is 1.30. The van der Waals surface area contributed by atoms with Crippen LogP contribution in [-0.4, -0.2) is 34.9 Å². The molecule has 0 saturated carbocycles. The van der Waals surface area contributed by atoms with E-state index in [0.717, 1.165) is 22.2 Å². The van der Waals surface area contributed by atoms with E-state index in [1.807, 2.05) is 59.5 Å². The van der Waals surface area contributed by atoms with Gasteiger partial charge in [0.25, 0.3) is 5.91 Å². The third-order valence-corrected chi connectivity index (χ3v) is 4.95. The number of carbonyl (C=O) groups excluding carboxylic acids is 1. The summed E-state index contributed by atoms with van der Waals surface area (Å²) in [4.78, 5) is 16.8. The first kappa shape index (κ1) is 17.5. The lowest BCUT2D eigenvalue weighted by Crippen LogP contribution is -2.24. The maximum atomic E-state index is 12.5. The minimum Gasteiger partial charge on any atom is -0.486 e. The van der Waals surface area contributed by atoms with Gasteiger partial charge in [-0.25, -0.2) is 4.98 Å². The standard InChI is InChI=1S/C20H19N3O3S/c1-27-20-21-9-10-23(20)16-7-5-14(6-8-16)19(24)22-13-15-3-2-4-17-18(15)26-12-11-25-17/h2-10H,11-13H2,1H3,(H,22,24). The third kappa shape index (κ3) is 3.64. The summed E-state index contributed by atoms with van der Waals surface area (Å²) in [6.45, 7) is 1.45. The molecule has 6 nitrogen and oxygen atoms in total. The van der Waals surface area contributed by atoms with Gasteiger partial charge in [-0.2, -0.15) is 0 Å². The van der Waals surface area contributed by atoms with Gasteiger partial charge in [-0.1, -0.05) is 23.9 Å². The molecule has 1 amide bonds. The lowest BCUT2D eigenvalue weighted by atomic mass is 10.1. The first-order valence-corrected chi connectivity index (χ1v) is 9.82. The van der Waals surface area contributed by atoms with Crippen LogP contribution in [0.3, 0.4) is 0 Å². The van der Waals surface area contributed by atoms with E-state index in [4.69, 9.17) is 9.47 Å². The fourth-order valence-electron chi connectivity index (χ4n) is 2.96. The van der Waals surface area contributed by atoms with Gasteiger partial charge in [0, 0.05) is 35.8 Å². The first-order chi connectivity index (χ1) is 13.3. The van der Waals surface area contributed by atoms with Gasteiger partial charge in [0.1, 0.15) is 13.2 Å². The molecule has 7 heteroatoms. The Balaban J connectivity index is 1.45. The number of benzene rings is 2. The molecule has 0 aliphatic carbocycles. The number of hydrogen-bond acceptors (Lipinski definition) is 5. The van der Waals surface area contributed by atoms with Crippen molar-refractivity contribution in [3.05, 3.63) is 66.0 Å². The number of nitrogens with one attached hydrogen (secondary N) is 1. The average molecular weight is 381 g/mol. The molecule has 1 aliphatic heterocycles.